The molecule has 0 saturated carbocycles. The van der Waals surface area contributed by atoms with E-state index in [1.807, 2.05) is 24.3 Å². The molecule has 3 aliphatic rings. The lowest BCUT2D eigenvalue weighted by atomic mass is 9.93. The zero-order valence-electron chi connectivity index (χ0n) is 29.0. The van der Waals surface area contributed by atoms with Crippen molar-refractivity contribution in [2.24, 2.45) is 9.98 Å². The van der Waals surface area contributed by atoms with E-state index in [1.165, 1.54) is 0 Å². The molecule has 4 unspecified atom stereocenters. The fourth-order valence-corrected chi connectivity index (χ4v) is 7.07. The summed E-state index contributed by atoms with van der Waals surface area (Å²) in [6, 6.07) is 8.48. The summed E-state index contributed by atoms with van der Waals surface area (Å²) >= 11 is 0. The highest BCUT2D eigenvalue weighted by molar-refractivity contribution is 5.85. The first kappa shape index (κ1) is 35.1. The first-order valence-electron chi connectivity index (χ1n) is 16.8. The third-order valence-corrected chi connectivity index (χ3v) is 9.32. The summed E-state index contributed by atoms with van der Waals surface area (Å²) in [5.74, 6) is 0.121. The lowest BCUT2D eigenvalue weighted by Crippen LogP contribution is -2.53. The molecule has 4 atom stereocenters. The maximum absolute atomic E-state index is 13.6. The van der Waals surface area contributed by atoms with Gasteiger partial charge in [-0.05, 0) is 96.9 Å². The van der Waals surface area contributed by atoms with Crippen LogP contribution in [0.5, 0.6) is 11.5 Å². The third-order valence-electron chi connectivity index (χ3n) is 9.32. The fraction of sp³-hybridized carbons (Fsp3) is 0.622. The predicted octanol–water partition coefficient (Wildman–Crippen LogP) is 4.30. The van der Waals surface area contributed by atoms with E-state index in [0.717, 1.165) is 67.7 Å². The average molecular weight is 617 g/mol. The molecule has 45 heavy (non-hydrogen) atoms. The van der Waals surface area contributed by atoms with Gasteiger partial charge in [-0.25, -0.2) is 0 Å². The van der Waals surface area contributed by atoms with Gasteiger partial charge in [0.2, 0.25) is 0 Å². The van der Waals surface area contributed by atoms with Gasteiger partial charge >= 0.3 is 0 Å². The van der Waals surface area contributed by atoms with E-state index in [-0.39, 0.29) is 34.7 Å². The maximum Gasteiger partial charge on any atom is 0.0407 e. The van der Waals surface area contributed by atoms with Crippen molar-refractivity contribution in [1.82, 2.24) is 20.4 Å². The molecule has 3 heterocycles. The normalized spacial score (nSPS) is 26.8. The van der Waals surface area contributed by atoms with E-state index in [2.05, 4.69) is 85.8 Å². The number of aryl methyl sites for hydroxylation is 2. The molecule has 2 aromatic rings. The molecule has 0 spiro atoms. The Balaban J connectivity index is 1.76. The topological polar surface area (TPSA) is 101 Å². The minimum atomic E-state index is -0.111. The summed E-state index contributed by atoms with van der Waals surface area (Å²) in [7, 11) is 0. The lowest BCUT2D eigenvalue weighted by molar-refractivity contribution is -0.270. The summed E-state index contributed by atoms with van der Waals surface area (Å²) in [5.41, 5.74) is 4.86. The van der Waals surface area contributed by atoms with Crippen LogP contribution in [-0.4, -0.2) is 84.7 Å². The first-order chi connectivity index (χ1) is 21.2. The van der Waals surface area contributed by atoms with Crippen molar-refractivity contribution in [3.8, 4) is 11.5 Å². The quantitative estimate of drug-likeness (QED) is 0.458. The molecule has 2 N–H and O–H groups in total. The van der Waals surface area contributed by atoms with E-state index < -0.39 is 0 Å². The van der Waals surface area contributed by atoms with Crippen LogP contribution < -0.4 is 20.8 Å². The number of benzene rings is 2. The van der Waals surface area contributed by atoms with E-state index >= 15 is 0 Å². The van der Waals surface area contributed by atoms with Crippen LogP contribution in [0.2, 0.25) is 0 Å². The fourth-order valence-electron chi connectivity index (χ4n) is 7.07. The van der Waals surface area contributed by atoms with Gasteiger partial charge in [0.15, 0.2) is 0 Å². The van der Waals surface area contributed by atoms with Gasteiger partial charge in [0.05, 0.1) is 0 Å². The molecule has 3 aliphatic heterocycles. The maximum atomic E-state index is 13.6. The highest BCUT2D eigenvalue weighted by Gasteiger charge is 2.29. The Morgan fingerprint density at radius 3 is 1.49 bits per heavy atom. The number of nitrogens with zero attached hydrogens (tertiary/aromatic N) is 4. The van der Waals surface area contributed by atoms with Crippen LogP contribution in [-0.2, 0) is 13.1 Å². The van der Waals surface area contributed by atoms with Crippen LogP contribution in [0.25, 0.3) is 0 Å². The van der Waals surface area contributed by atoms with Crippen molar-refractivity contribution < 1.29 is 10.2 Å². The van der Waals surface area contributed by atoms with E-state index in [0.29, 0.717) is 37.3 Å². The van der Waals surface area contributed by atoms with E-state index in [9.17, 15) is 10.2 Å². The number of rotatable bonds is 0. The van der Waals surface area contributed by atoms with Gasteiger partial charge in [0.25, 0.3) is 0 Å². The number of hydrogen-bond acceptors (Lipinski definition) is 8. The number of nitrogens with one attached hydrogen (secondary N) is 2. The Kier molecular flexibility index (Phi) is 11.9. The van der Waals surface area contributed by atoms with Crippen molar-refractivity contribution in [3.05, 3.63) is 57.6 Å². The van der Waals surface area contributed by atoms with Gasteiger partial charge in [-0.1, -0.05) is 46.9 Å². The van der Waals surface area contributed by atoms with Crippen LogP contribution in [0.4, 0.5) is 0 Å². The summed E-state index contributed by atoms with van der Waals surface area (Å²) in [4.78, 5) is 14.1. The van der Waals surface area contributed by atoms with Gasteiger partial charge in [0, 0.05) is 87.9 Å². The molecule has 0 aliphatic carbocycles. The van der Waals surface area contributed by atoms with Crippen LogP contribution in [0.15, 0.2) is 34.3 Å². The van der Waals surface area contributed by atoms with Gasteiger partial charge in [-0.2, -0.15) is 0 Å². The second-order valence-corrected chi connectivity index (χ2v) is 14.8. The summed E-state index contributed by atoms with van der Waals surface area (Å²) in [6.07, 6.45) is 6.08. The SMILES string of the molecule is Cc1cc2c([O-])c(c1)CN1CCNC(C)(C)CC(C)N(CCNC(C)(C)CC1C)Cc1cc(C)cc(c1[O-])C=NCCCN=C2. The van der Waals surface area contributed by atoms with Crippen LogP contribution in [0.1, 0.15) is 94.2 Å². The Bertz CT molecular complexity index is 1250. The Labute approximate surface area is 272 Å². The van der Waals surface area contributed by atoms with Gasteiger partial charge in [-0.15, -0.1) is 0 Å². The highest BCUT2D eigenvalue weighted by atomic mass is 16.3. The standard InChI is InChI=1S/C37H58N6O2/c1-26-16-30-22-38-10-9-11-39-23-31-17-27(2)19-33(35(31)45)25-43-15-13-41-36(5,6)20-28(3)42(24-32(18-26)34(30)44)14-12-40-37(7,8)21-29(43)4/h16-19,22-23,28-29,40-41,44-45H,9-15,20-21,24-25H2,1-8H3/p-2. The average Bonchev–Trinajstić information content (AvgIpc) is 2.94. The monoisotopic (exact) mass is 616 g/mol. The Hall–Kier alpha value is -2.78. The smallest absolute Gasteiger partial charge is 0.0407 e. The minimum Gasteiger partial charge on any atom is -0.872 e. The molecule has 6 bridgehead atoms. The molecule has 1 saturated heterocycles. The van der Waals surface area contributed by atoms with Crippen molar-refractivity contribution in [3.63, 3.8) is 0 Å². The molecule has 0 aromatic heterocycles. The van der Waals surface area contributed by atoms with Gasteiger partial charge < -0.3 is 20.8 Å². The molecule has 2 aromatic carbocycles. The number of aliphatic imine (C=N–C) groups is 2. The van der Waals surface area contributed by atoms with Crippen LogP contribution in [0.3, 0.4) is 0 Å². The van der Waals surface area contributed by atoms with E-state index in [4.69, 9.17) is 0 Å². The minimum absolute atomic E-state index is 0.0604. The molecular formula is C37H56N6O2-2. The molecule has 0 amide bonds. The third kappa shape index (κ3) is 10.1. The molecular weight excluding hydrogens is 560 g/mol. The van der Waals surface area contributed by atoms with Crippen molar-refractivity contribution in [2.75, 3.05) is 39.3 Å². The van der Waals surface area contributed by atoms with Gasteiger partial charge in [-0.3, -0.25) is 19.8 Å². The molecule has 8 heteroatoms. The summed E-state index contributed by atoms with van der Waals surface area (Å²) in [6.45, 7) is 23.4. The lowest BCUT2D eigenvalue weighted by Gasteiger charge is -2.41. The Morgan fingerprint density at radius 1 is 0.689 bits per heavy atom. The number of fused-ring (bicyclic) bond motifs is 14. The first-order valence-corrected chi connectivity index (χ1v) is 16.8. The van der Waals surface area contributed by atoms with Crippen molar-refractivity contribution >= 4 is 12.4 Å². The number of hydrogen-bond donors (Lipinski definition) is 2. The van der Waals surface area contributed by atoms with Crippen molar-refractivity contribution in [1.29, 1.82) is 0 Å². The second-order valence-electron chi connectivity index (χ2n) is 14.8. The van der Waals surface area contributed by atoms with E-state index in [1.54, 1.807) is 12.4 Å². The molecule has 248 valence electrons. The van der Waals surface area contributed by atoms with Crippen LogP contribution in [0, 0.1) is 13.8 Å². The van der Waals surface area contributed by atoms with Crippen molar-refractivity contribution in [2.45, 2.75) is 111 Å². The molecule has 8 nitrogen and oxygen atoms in total. The highest BCUT2D eigenvalue weighted by Crippen LogP contribution is 2.27. The molecule has 0 radical (unpaired) electrons. The second kappa shape index (κ2) is 15.2. The zero-order valence-corrected chi connectivity index (χ0v) is 29.0. The van der Waals surface area contributed by atoms with Crippen LogP contribution >= 0.6 is 0 Å². The Morgan fingerprint density at radius 2 is 1.09 bits per heavy atom. The molecule has 5 rings (SSSR count). The molecule has 1 fully saturated rings. The van der Waals surface area contributed by atoms with Gasteiger partial charge in [0.1, 0.15) is 0 Å². The summed E-state index contributed by atoms with van der Waals surface area (Å²) < 4.78 is 0. The predicted molar refractivity (Wildman–Crippen MR) is 184 cm³/mol. The zero-order chi connectivity index (χ0) is 32.8. The summed E-state index contributed by atoms with van der Waals surface area (Å²) in [5, 5.41) is 35.0. The largest absolute Gasteiger partial charge is 0.872 e.